The highest BCUT2D eigenvalue weighted by atomic mass is 16.6. The molecule has 1 saturated carbocycles. The van der Waals surface area contributed by atoms with Gasteiger partial charge in [0.1, 0.15) is 23.6 Å². The zero-order chi connectivity index (χ0) is 21.7. The lowest BCUT2D eigenvalue weighted by Crippen LogP contribution is -2.51. The van der Waals surface area contributed by atoms with Crippen molar-refractivity contribution < 1.29 is 14.2 Å². The number of nitrogens with one attached hydrogen (secondary N) is 1. The Morgan fingerprint density at radius 3 is 2.52 bits per heavy atom. The Kier molecular flexibility index (Phi) is 7.19. The van der Waals surface area contributed by atoms with Crippen LogP contribution in [0.4, 0.5) is 5.69 Å². The van der Waals surface area contributed by atoms with E-state index in [0.29, 0.717) is 6.61 Å². The molecule has 1 aliphatic heterocycles. The van der Waals surface area contributed by atoms with Gasteiger partial charge >= 0.3 is 0 Å². The smallest absolute Gasteiger partial charge is 0.132 e. The molecule has 0 spiro atoms. The summed E-state index contributed by atoms with van der Waals surface area (Å²) in [5.41, 5.74) is 2.81. The first-order chi connectivity index (χ1) is 15.1. The van der Waals surface area contributed by atoms with E-state index in [0.717, 1.165) is 41.5 Å². The summed E-state index contributed by atoms with van der Waals surface area (Å²) < 4.78 is 19.5. The van der Waals surface area contributed by atoms with Crippen molar-refractivity contribution in [1.29, 1.82) is 0 Å². The standard InChI is InChI=1S/C27H37NO3/c1-27(2)26(30-19-21-12-8-5-9-13-21)25(29-17-16-20-10-6-4-7-11-20)23-18-22(28-3)14-15-24(23)31-27/h5,8-9,12-15,18,20,25-26,28H,4,6-7,10-11,16-17,19H2,1-3H3. The molecule has 0 saturated heterocycles. The number of rotatable bonds is 8. The van der Waals surface area contributed by atoms with E-state index in [2.05, 4.69) is 43.4 Å². The minimum absolute atomic E-state index is 0.153. The average Bonchev–Trinajstić information content (AvgIpc) is 2.79. The molecule has 0 radical (unpaired) electrons. The molecule has 0 amide bonds. The van der Waals surface area contributed by atoms with E-state index in [9.17, 15) is 0 Å². The van der Waals surface area contributed by atoms with Gasteiger partial charge in [0.05, 0.1) is 6.61 Å². The second-order valence-corrected chi connectivity index (χ2v) is 9.51. The Balaban J connectivity index is 1.54. The van der Waals surface area contributed by atoms with Crippen LogP contribution in [0.15, 0.2) is 48.5 Å². The maximum atomic E-state index is 6.62. The summed E-state index contributed by atoms with van der Waals surface area (Å²) in [4.78, 5) is 0. The van der Waals surface area contributed by atoms with Gasteiger partial charge in [-0.15, -0.1) is 0 Å². The van der Waals surface area contributed by atoms with Gasteiger partial charge in [-0.25, -0.2) is 0 Å². The van der Waals surface area contributed by atoms with Crippen molar-refractivity contribution in [3.63, 3.8) is 0 Å². The third-order valence-corrected chi connectivity index (χ3v) is 6.76. The van der Waals surface area contributed by atoms with Crippen LogP contribution in [0.2, 0.25) is 0 Å². The van der Waals surface area contributed by atoms with E-state index in [1.54, 1.807) is 0 Å². The molecule has 2 unspecified atom stereocenters. The van der Waals surface area contributed by atoms with Gasteiger partial charge in [0.15, 0.2) is 0 Å². The van der Waals surface area contributed by atoms with Crippen LogP contribution in [0.1, 0.15) is 69.6 Å². The normalized spacial score (nSPS) is 23.1. The topological polar surface area (TPSA) is 39.7 Å². The molecule has 1 N–H and O–H groups in total. The van der Waals surface area contributed by atoms with Gasteiger partial charge in [0.25, 0.3) is 0 Å². The monoisotopic (exact) mass is 423 g/mol. The molecule has 0 aromatic heterocycles. The number of anilines is 1. The van der Waals surface area contributed by atoms with Crippen LogP contribution in [0.3, 0.4) is 0 Å². The van der Waals surface area contributed by atoms with Crippen LogP contribution >= 0.6 is 0 Å². The van der Waals surface area contributed by atoms with Crippen molar-refractivity contribution in [3.8, 4) is 5.75 Å². The van der Waals surface area contributed by atoms with E-state index in [4.69, 9.17) is 14.2 Å². The van der Waals surface area contributed by atoms with Gasteiger partial charge in [-0.3, -0.25) is 0 Å². The van der Waals surface area contributed by atoms with E-state index in [1.807, 2.05) is 31.3 Å². The molecule has 4 nitrogen and oxygen atoms in total. The molecule has 2 aromatic rings. The minimum Gasteiger partial charge on any atom is -0.485 e. The Morgan fingerprint density at radius 1 is 1.00 bits per heavy atom. The lowest BCUT2D eigenvalue weighted by Gasteiger charge is -2.44. The molecule has 1 aliphatic carbocycles. The van der Waals surface area contributed by atoms with Crippen LogP contribution in [0, 0.1) is 5.92 Å². The second-order valence-electron chi connectivity index (χ2n) is 9.51. The predicted molar refractivity (Wildman–Crippen MR) is 126 cm³/mol. The number of ether oxygens (including phenoxy) is 3. The van der Waals surface area contributed by atoms with Gasteiger partial charge < -0.3 is 19.5 Å². The van der Waals surface area contributed by atoms with E-state index in [-0.39, 0.29) is 12.2 Å². The third kappa shape index (κ3) is 5.42. The van der Waals surface area contributed by atoms with Crippen molar-refractivity contribution in [3.05, 3.63) is 59.7 Å². The van der Waals surface area contributed by atoms with Gasteiger partial charge in [0, 0.05) is 24.9 Å². The lowest BCUT2D eigenvalue weighted by atomic mass is 9.86. The fourth-order valence-corrected chi connectivity index (χ4v) is 4.95. The largest absolute Gasteiger partial charge is 0.485 e. The molecule has 168 valence electrons. The van der Waals surface area contributed by atoms with E-state index < -0.39 is 5.60 Å². The van der Waals surface area contributed by atoms with Crippen LogP contribution in [-0.4, -0.2) is 25.4 Å². The minimum atomic E-state index is -0.488. The van der Waals surface area contributed by atoms with Gasteiger partial charge in [-0.05, 0) is 49.9 Å². The second kappa shape index (κ2) is 10.1. The maximum absolute atomic E-state index is 6.62. The molecule has 31 heavy (non-hydrogen) atoms. The molecule has 2 aliphatic rings. The van der Waals surface area contributed by atoms with Crippen molar-refractivity contribution in [2.45, 2.75) is 76.8 Å². The first-order valence-electron chi connectivity index (χ1n) is 11.8. The van der Waals surface area contributed by atoms with Crippen LogP contribution in [-0.2, 0) is 16.1 Å². The molecule has 4 rings (SSSR count). The summed E-state index contributed by atoms with van der Waals surface area (Å²) in [6, 6.07) is 16.6. The highest BCUT2D eigenvalue weighted by molar-refractivity contribution is 5.53. The number of fused-ring (bicyclic) bond motifs is 1. The first kappa shape index (κ1) is 22.2. The number of hydrogen-bond acceptors (Lipinski definition) is 4. The fraction of sp³-hybridized carbons (Fsp3) is 0.556. The summed E-state index contributed by atoms with van der Waals surface area (Å²) >= 11 is 0. The van der Waals surface area contributed by atoms with Crippen molar-refractivity contribution in [1.82, 2.24) is 0 Å². The van der Waals surface area contributed by atoms with Gasteiger partial charge in [0.2, 0.25) is 0 Å². The van der Waals surface area contributed by atoms with Crippen molar-refractivity contribution in [2.75, 3.05) is 19.0 Å². The molecule has 1 heterocycles. The van der Waals surface area contributed by atoms with E-state index in [1.165, 1.54) is 32.1 Å². The highest BCUT2D eigenvalue weighted by Gasteiger charge is 2.45. The molecule has 4 heteroatoms. The Labute approximate surface area is 187 Å². The summed E-state index contributed by atoms with van der Waals surface area (Å²) in [6.45, 7) is 5.52. The van der Waals surface area contributed by atoms with Crippen LogP contribution in [0.25, 0.3) is 0 Å². The Hall–Kier alpha value is -2.04. The predicted octanol–water partition coefficient (Wildman–Crippen LogP) is 6.51. The molecular formula is C27H37NO3. The Bertz CT molecular complexity index is 830. The third-order valence-electron chi connectivity index (χ3n) is 6.76. The van der Waals surface area contributed by atoms with Gasteiger partial charge in [-0.1, -0.05) is 62.4 Å². The molecule has 2 aromatic carbocycles. The lowest BCUT2D eigenvalue weighted by molar-refractivity contribution is -0.168. The maximum Gasteiger partial charge on any atom is 0.132 e. The van der Waals surface area contributed by atoms with Crippen molar-refractivity contribution in [2.24, 2.45) is 5.92 Å². The van der Waals surface area contributed by atoms with Crippen molar-refractivity contribution >= 4 is 5.69 Å². The summed E-state index contributed by atoms with van der Waals surface area (Å²) in [5.74, 6) is 1.69. The van der Waals surface area contributed by atoms with Gasteiger partial charge in [-0.2, -0.15) is 0 Å². The molecular weight excluding hydrogens is 386 g/mol. The molecule has 1 fully saturated rings. The first-order valence-corrected chi connectivity index (χ1v) is 11.8. The fourth-order valence-electron chi connectivity index (χ4n) is 4.95. The van der Waals surface area contributed by atoms with Crippen LogP contribution < -0.4 is 10.1 Å². The zero-order valence-electron chi connectivity index (χ0n) is 19.2. The quantitative estimate of drug-likeness (QED) is 0.525. The Morgan fingerprint density at radius 2 is 1.77 bits per heavy atom. The SMILES string of the molecule is CNc1ccc2c(c1)C(OCCC1CCCCC1)C(OCc1ccccc1)C(C)(C)O2. The number of benzene rings is 2. The van der Waals surface area contributed by atoms with E-state index >= 15 is 0 Å². The summed E-state index contributed by atoms with van der Waals surface area (Å²) in [5, 5.41) is 3.25. The average molecular weight is 424 g/mol. The number of hydrogen-bond donors (Lipinski definition) is 1. The molecule has 0 bridgehead atoms. The highest BCUT2D eigenvalue weighted by Crippen LogP contribution is 2.44. The van der Waals surface area contributed by atoms with Crippen LogP contribution in [0.5, 0.6) is 5.75 Å². The zero-order valence-corrected chi connectivity index (χ0v) is 19.2. The summed E-state index contributed by atoms with van der Waals surface area (Å²) in [7, 11) is 1.94. The summed E-state index contributed by atoms with van der Waals surface area (Å²) in [6.07, 6.45) is 7.59. The molecule has 2 atom stereocenters.